The van der Waals surface area contributed by atoms with Gasteiger partial charge in [-0.1, -0.05) is 11.6 Å². The third-order valence-corrected chi connectivity index (χ3v) is 3.19. The molecule has 0 aliphatic heterocycles. The van der Waals surface area contributed by atoms with Crippen molar-refractivity contribution in [1.29, 1.82) is 0 Å². The van der Waals surface area contributed by atoms with Crippen molar-refractivity contribution >= 4 is 23.0 Å². The molecule has 2 aromatic carbocycles. The predicted molar refractivity (Wildman–Crippen MR) is 76.5 cm³/mol. The van der Waals surface area contributed by atoms with E-state index in [0.29, 0.717) is 5.02 Å². The summed E-state index contributed by atoms with van der Waals surface area (Å²) in [6, 6.07) is 6.40. The fraction of sp³-hybridized carbons (Fsp3) is 0.143. The lowest BCUT2D eigenvalue weighted by atomic mass is 10.1. The highest BCUT2D eigenvalue weighted by atomic mass is 35.5. The van der Waals surface area contributed by atoms with Crippen LogP contribution in [0.1, 0.15) is 18.5 Å². The minimum atomic E-state index is -0.669. The van der Waals surface area contributed by atoms with Gasteiger partial charge in [0.25, 0.3) is 5.69 Å². The van der Waals surface area contributed by atoms with Crippen LogP contribution < -0.4 is 5.32 Å². The molecule has 0 aliphatic rings. The van der Waals surface area contributed by atoms with Crippen LogP contribution in [0.4, 0.5) is 20.2 Å². The van der Waals surface area contributed by atoms with E-state index in [1.165, 1.54) is 18.2 Å². The Morgan fingerprint density at radius 2 is 1.95 bits per heavy atom. The Hall–Kier alpha value is -2.21. The van der Waals surface area contributed by atoms with E-state index in [1.807, 2.05) is 0 Å². The summed E-state index contributed by atoms with van der Waals surface area (Å²) in [7, 11) is 0. The van der Waals surface area contributed by atoms with Gasteiger partial charge in [0.05, 0.1) is 11.0 Å². The minimum Gasteiger partial charge on any atom is -0.373 e. The molecular weight excluding hydrogens is 302 g/mol. The number of hydrogen-bond donors (Lipinski definition) is 1. The van der Waals surface area contributed by atoms with E-state index in [1.54, 1.807) is 6.92 Å². The zero-order chi connectivity index (χ0) is 15.6. The second kappa shape index (κ2) is 6.05. The highest BCUT2D eigenvalue weighted by molar-refractivity contribution is 6.31. The number of nitro benzene ring substituents is 1. The van der Waals surface area contributed by atoms with Gasteiger partial charge in [0.15, 0.2) is 0 Å². The van der Waals surface area contributed by atoms with Crippen molar-refractivity contribution in [1.82, 2.24) is 0 Å². The van der Waals surface area contributed by atoms with Crippen LogP contribution in [0.2, 0.25) is 5.02 Å². The van der Waals surface area contributed by atoms with Crippen LogP contribution in [0.15, 0.2) is 36.4 Å². The topological polar surface area (TPSA) is 55.2 Å². The molecule has 0 amide bonds. The molecule has 0 radical (unpaired) electrons. The Morgan fingerprint density at radius 1 is 1.24 bits per heavy atom. The monoisotopic (exact) mass is 312 g/mol. The number of halogens is 3. The summed E-state index contributed by atoms with van der Waals surface area (Å²) in [6.07, 6.45) is 0. The van der Waals surface area contributed by atoms with Crippen LogP contribution >= 0.6 is 11.6 Å². The normalized spacial score (nSPS) is 12.0. The number of nitrogens with zero attached hydrogens (tertiary/aromatic N) is 1. The lowest BCUT2D eigenvalue weighted by Gasteiger charge is -2.16. The molecule has 0 aliphatic carbocycles. The van der Waals surface area contributed by atoms with Gasteiger partial charge >= 0.3 is 0 Å². The third kappa shape index (κ3) is 3.46. The fourth-order valence-electron chi connectivity index (χ4n) is 1.94. The van der Waals surface area contributed by atoms with E-state index in [4.69, 9.17) is 11.6 Å². The summed E-state index contributed by atoms with van der Waals surface area (Å²) >= 11 is 5.81. The van der Waals surface area contributed by atoms with Gasteiger partial charge in [0.1, 0.15) is 17.3 Å². The molecule has 0 saturated carbocycles. The first-order valence-electron chi connectivity index (χ1n) is 6.04. The van der Waals surface area contributed by atoms with Crippen molar-refractivity contribution in [3.05, 3.63) is 68.7 Å². The SMILES string of the molecule is CC(Nc1cc(Cl)ccc1[N+](=O)[O-])c1cc(F)ccc1F. The van der Waals surface area contributed by atoms with Crippen LogP contribution in [0.3, 0.4) is 0 Å². The second-order valence-corrected chi connectivity index (χ2v) is 4.89. The second-order valence-electron chi connectivity index (χ2n) is 4.45. The molecule has 7 heteroatoms. The van der Waals surface area contributed by atoms with Gasteiger partial charge in [0.2, 0.25) is 0 Å². The summed E-state index contributed by atoms with van der Waals surface area (Å²) < 4.78 is 26.9. The lowest BCUT2D eigenvalue weighted by Crippen LogP contribution is -2.10. The molecule has 21 heavy (non-hydrogen) atoms. The van der Waals surface area contributed by atoms with Crippen LogP contribution in [0.25, 0.3) is 0 Å². The summed E-state index contributed by atoms with van der Waals surface area (Å²) in [4.78, 5) is 10.4. The molecule has 1 unspecified atom stereocenters. The Bertz CT molecular complexity index is 695. The highest BCUT2D eigenvalue weighted by Gasteiger charge is 2.18. The summed E-state index contributed by atoms with van der Waals surface area (Å²) in [5.74, 6) is -1.18. The first-order chi connectivity index (χ1) is 9.88. The number of nitro groups is 1. The van der Waals surface area contributed by atoms with Gasteiger partial charge in [-0.3, -0.25) is 10.1 Å². The molecular formula is C14H11ClF2N2O2. The van der Waals surface area contributed by atoms with Gasteiger partial charge in [-0.05, 0) is 37.3 Å². The average Bonchev–Trinajstić information content (AvgIpc) is 2.41. The van der Waals surface area contributed by atoms with E-state index in [2.05, 4.69) is 5.32 Å². The zero-order valence-corrected chi connectivity index (χ0v) is 11.7. The van der Waals surface area contributed by atoms with Crippen LogP contribution in [0, 0.1) is 21.7 Å². The van der Waals surface area contributed by atoms with Crippen molar-refractivity contribution < 1.29 is 13.7 Å². The molecule has 2 rings (SSSR count). The van der Waals surface area contributed by atoms with Crippen LogP contribution in [-0.2, 0) is 0 Å². The molecule has 2 aromatic rings. The van der Waals surface area contributed by atoms with Crippen molar-refractivity contribution in [2.24, 2.45) is 0 Å². The Balaban J connectivity index is 2.35. The van der Waals surface area contributed by atoms with E-state index >= 15 is 0 Å². The molecule has 110 valence electrons. The van der Waals surface area contributed by atoms with Crippen molar-refractivity contribution in [2.75, 3.05) is 5.32 Å². The fourth-order valence-corrected chi connectivity index (χ4v) is 2.11. The van der Waals surface area contributed by atoms with Crippen LogP contribution in [0.5, 0.6) is 0 Å². The highest BCUT2D eigenvalue weighted by Crippen LogP contribution is 2.31. The molecule has 1 atom stereocenters. The van der Waals surface area contributed by atoms with Crippen molar-refractivity contribution in [3.8, 4) is 0 Å². The maximum Gasteiger partial charge on any atom is 0.292 e. The molecule has 1 N–H and O–H groups in total. The van der Waals surface area contributed by atoms with Gasteiger partial charge in [-0.2, -0.15) is 0 Å². The van der Waals surface area contributed by atoms with E-state index in [0.717, 1.165) is 18.2 Å². The van der Waals surface area contributed by atoms with E-state index < -0.39 is 22.6 Å². The van der Waals surface area contributed by atoms with Crippen molar-refractivity contribution in [2.45, 2.75) is 13.0 Å². The number of rotatable bonds is 4. The summed E-state index contributed by atoms with van der Waals surface area (Å²) in [5, 5.41) is 14.0. The van der Waals surface area contributed by atoms with Crippen molar-refractivity contribution in [3.63, 3.8) is 0 Å². The number of hydrogen-bond acceptors (Lipinski definition) is 3. The summed E-state index contributed by atoms with van der Waals surface area (Å²) in [6.45, 7) is 1.57. The first kappa shape index (κ1) is 15.2. The first-order valence-corrected chi connectivity index (χ1v) is 6.41. The summed E-state index contributed by atoms with van der Waals surface area (Å²) in [5.41, 5.74) is 0.0241. The molecule has 0 bridgehead atoms. The minimum absolute atomic E-state index is 0.0734. The van der Waals surface area contributed by atoms with Gasteiger partial charge in [-0.15, -0.1) is 0 Å². The van der Waals surface area contributed by atoms with Gasteiger partial charge in [0, 0.05) is 16.7 Å². The molecule has 0 spiro atoms. The Kier molecular flexibility index (Phi) is 4.37. The average molecular weight is 313 g/mol. The maximum absolute atomic E-state index is 13.7. The number of anilines is 1. The quantitative estimate of drug-likeness (QED) is 0.657. The molecule has 0 saturated heterocycles. The zero-order valence-electron chi connectivity index (χ0n) is 10.9. The van der Waals surface area contributed by atoms with Crippen LogP contribution in [-0.4, -0.2) is 4.92 Å². The molecule has 4 nitrogen and oxygen atoms in total. The standard InChI is InChI=1S/C14H11ClF2N2O2/c1-8(11-7-10(16)3-4-12(11)17)18-13-6-9(15)2-5-14(13)19(20)21/h2-8,18H,1H3. The third-order valence-electron chi connectivity index (χ3n) is 2.95. The smallest absolute Gasteiger partial charge is 0.292 e. The number of benzene rings is 2. The largest absolute Gasteiger partial charge is 0.373 e. The van der Waals surface area contributed by atoms with Gasteiger partial charge in [-0.25, -0.2) is 8.78 Å². The van der Waals surface area contributed by atoms with E-state index in [9.17, 15) is 18.9 Å². The maximum atomic E-state index is 13.7. The van der Waals surface area contributed by atoms with E-state index in [-0.39, 0.29) is 16.9 Å². The Labute approximate surface area is 124 Å². The predicted octanol–water partition coefficient (Wildman–Crippen LogP) is 4.70. The Morgan fingerprint density at radius 3 is 2.62 bits per heavy atom. The lowest BCUT2D eigenvalue weighted by molar-refractivity contribution is -0.384. The van der Waals surface area contributed by atoms with Gasteiger partial charge < -0.3 is 5.32 Å². The number of nitrogens with one attached hydrogen (secondary N) is 1. The molecule has 0 aromatic heterocycles. The molecule has 0 fully saturated rings. The molecule has 0 heterocycles.